The minimum Gasteiger partial charge on any atom is -0.493 e. The number of rotatable bonds is 5. The van der Waals surface area contributed by atoms with Crippen LogP contribution < -0.4 is 19.8 Å². The highest BCUT2D eigenvalue weighted by Gasteiger charge is 2.23. The quantitative estimate of drug-likeness (QED) is 0.670. The van der Waals surface area contributed by atoms with Gasteiger partial charge in [0.1, 0.15) is 17.5 Å². The van der Waals surface area contributed by atoms with Gasteiger partial charge >= 0.3 is 6.09 Å². The van der Waals surface area contributed by atoms with E-state index in [0.717, 1.165) is 5.56 Å². The number of amides is 1. The highest BCUT2D eigenvalue weighted by Crippen LogP contribution is 2.31. The van der Waals surface area contributed by atoms with Gasteiger partial charge in [0.15, 0.2) is 11.5 Å². The molecular weight excluding hydrogens is 402 g/mol. The van der Waals surface area contributed by atoms with E-state index < -0.39 is 6.09 Å². The van der Waals surface area contributed by atoms with Crippen molar-refractivity contribution < 1.29 is 24.1 Å². The first-order valence-electron chi connectivity index (χ1n) is 9.89. The maximum atomic E-state index is 12.8. The highest BCUT2D eigenvalue weighted by atomic mass is 16.5. The molecule has 1 amide bonds. The summed E-state index contributed by atoms with van der Waals surface area (Å²) in [5.74, 6) is 1.70. The number of hydrogen-bond donors (Lipinski definition) is 1. The molecular formula is C22H23N3O6. The van der Waals surface area contributed by atoms with Gasteiger partial charge in [-0.15, -0.1) is 0 Å². The predicted molar refractivity (Wildman–Crippen MR) is 113 cm³/mol. The fraction of sp³-hybridized carbons (Fsp3) is 0.318. The van der Waals surface area contributed by atoms with Gasteiger partial charge < -0.3 is 24.2 Å². The van der Waals surface area contributed by atoms with Crippen LogP contribution in [0.5, 0.6) is 17.2 Å². The molecule has 1 aliphatic rings. The Morgan fingerprint density at radius 3 is 2.48 bits per heavy atom. The van der Waals surface area contributed by atoms with Crippen LogP contribution in [-0.4, -0.2) is 58.9 Å². The van der Waals surface area contributed by atoms with Gasteiger partial charge in [0.05, 0.1) is 26.1 Å². The van der Waals surface area contributed by atoms with Crippen LogP contribution in [0.2, 0.25) is 0 Å². The Balaban J connectivity index is 1.57. The van der Waals surface area contributed by atoms with Crippen molar-refractivity contribution in [1.29, 1.82) is 0 Å². The van der Waals surface area contributed by atoms with Gasteiger partial charge in [0.25, 0.3) is 5.56 Å². The summed E-state index contributed by atoms with van der Waals surface area (Å²) in [6.07, 6.45) is 1.83. The predicted octanol–water partition coefficient (Wildman–Crippen LogP) is 2.90. The van der Waals surface area contributed by atoms with Crippen molar-refractivity contribution in [3.8, 4) is 28.5 Å². The Morgan fingerprint density at radius 1 is 1.06 bits per heavy atom. The lowest BCUT2D eigenvalue weighted by Crippen LogP contribution is -2.41. The molecule has 3 heterocycles. The van der Waals surface area contributed by atoms with Gasteiger partial charge in [-0.2, -0.15) is 0 Å². The first-order valence-corrected chi connectivity index (χ1v) is 9.89. The first-order chi connectivity index (χ1) is 15.0. The Bertz CT molecular complexity index is 1170. The molecule has 162 valence electrons. The molecule has 1 aliphatic heterocycles. The molecule has 4 rings (SSSR count). The summed E-state index contributed by atoms with van der Waals surface area (Å²) < 4.78 is 18.0. The largest absolute Gasteiger partial charge is 0.493 e. The Morgan fingerprint density at radius 2 is 1.81 bits per heavy atom. The van der Waals surface area contributed by atoms with Crippen molar-refractivity contribution >= 4 is 11.7 Å². The summed E-state index contributed by atoms with van der Waals surface area (Å²) in [7, 11) is 3.12. The average molecular weight is 425 g/mol. The molecule has 0 spiro atoms. The van der Waals surface area contributed by atoms with E-state index in [1.54, 1.807) is 44.7 Å². The zero-order chi connectivity index (χ0) is 22.0. The zero-order valence-electron chi connectivity index (χ0n) is 17.3. The minimum atomic E-state index is -0.910. The summed E-state index contributed by atoms with van der Waals surface area (Å²) in [4.78, 5) is 29.8. The van der Waals surface area contributed by atoms with Crippen molar-refractivity contribution in [2.45, 2.75) is 18.9 Å². The lowest BCUT2D eigenvalue weighted by Gasteiger charge is -2.30. The fourth-order valence-electron chi connectivity index (χ4n) is 3.65. The topological polar surface area (TPSA) is 103 Å². The Kier molecular flexibility index (Phi) is 5.66. The van der Waals surface area contributed by atoms with Gasteiger partial charge in [-0.1, -0.05) is 0 Å². The summed E-state index contributed by atoms with van der Waals surface area (Å²) >= 11 is 0. The number of carbonyl (C=O) groups is 1. The molecule has 31 heavy (non-hydrogen) atoms. The number of ether oxygens (including phenoxy) is 3. The molecule has 0 bridgehead atoms. The van der Waals surface area contributed by atoms with Crippen LogP contribution in [0.3, 0.4) is 0 Å². The molecule has 1 N–H and O–H groups in total. The third-order valence-corrected chi connectivity index (χ3v) is 5.33. The first kappa shape index (κ1) is 20.5. The second kappa shape index (κ2) is 8.55. The molecule has 0 aliphatic carbocycles. The van der Waals surface area contributed by atoms with Crippen molar-refractivity contribution in [3.05, 3.63) is 52.9 Å². The molecule has 0 radical (unpaired) electrons. The molecule has 0 atom stereocenters. The molecule has 1 saturated heterocycles. The number of piperidine rings is 1. The van der Waals surface area contributed by atoms with Gasteiger partial charge in [-0.25, -0.2) is 9.78 Å². The summed E-state index contributed by atoms with van der Waals surface area (Å²) in [6, 6.07) is 10.3. The molecule has 9 heteroatoms. The normalized spacial score (nSPS) is 14.5. The van der Waals surface area contributed by atoms with Gasteiger partial charge in [-0.05, 0) is 30.3 Å². The number of pyridine rings is 1. The van der Waals surface area contributed by atoms with Crippen LogP contribution in [0.4, 0.5) is 4.79 Å². The molecule has 2 aromatic heterocycles. The number of carboxylic acid groups (broad SMARTS) is 1. The zero-order valence-corrected chi connectivity index (χ0v) is 17.3. The summed E-state index contributed by atoms with van der Waals surface area (Å²) in [6.45, 7) is 0.869. The Labute approximate surface area is 178 Å². The lowest BCUT2D eigenvalue weighted by atomic mass is 10.1. The van der Waals surface area contributed by atoms with Crippen LogP contribution in [0.25, 0.3) is 16.9 Å². The monoisotopic (exact) mass is 425 g/mol. The van der Waals surface area contributed by atoms with Crippen molar-refractivity contribution in [2.24, 2.45) is 0 Å². The van der Waals surface area contributed by atoms with Crippen LogP contribution >= 0.6 is 0 Å². The summed E-state index contributed by atoms with van der Waals surface area (Å²) in [5, 5.41) is 9.05. The fourth-order valence-corrected chi connectivity index (χ4v) is 3.65. The molecule has 0 saturated carbocycles. The van der Waals surface area contributed by atoms with E-state index in [2.05, 4.69) is 4.98 Å². The average Bonchev–Trinajstić information content (AvgIpc) is 2.79. The standard InChI is InChI=1S/C22H23N3O6/c1-29-18-5-3-14(11-19(18)30-2)17-12-21(26)25-13-16(4-6-20(25)23-17)31-15-7-9-24(10-8-15)22(27)28/h3-6,11-13,15H,7-10H2,1-2H3,(H,27,28). The van der Waals surface area contributed by atoms with E-state index >= 15 is 0 Å². The molecule has 0 unspecified atom stereocenters. The summed E-state index contributed by atoms with van der Waals surface area (Å²) in [5.41, 5.74) is 1.52. The van der Waals surface area contributed by atoms with E-state index in [0.29, 0.717) is 54.5 Å². The number of fused-ring (bicyclic) bond motifs is 1. The van der Waals surface area contributed by atoms with Crippen LogP contribution in [0, 0.1) is 0 Å². The van der Waals surface area contributed by atoms with E-state index in [-0.39, 0.29) is 11.7 Å². The highest BCUT2D eigenvalue weighted by molar-refractivity contribution is 5.66. The molecule has 1 fully saturated rings. The lowest BCUT2D eigenvalue weighted by molar-refractivity contribution is 0.0892. The third-order valence-electron chi connectivity index (χ3n) is 5.33. The van der Waals surface area contributed by atoms with Crippen LogP contribution in [0.15, 0.2) is 47.4 Å². The molecule has 1 aromatic carbocycles. The SMILES string of the molecule is COc1ccc(-c2cc(=O)n3cc(OC4CCN(C(=O)O)CC4)ccc3n2)cc1OC. The van der Waals surface area contributed by atoms with E-state index in [1.807, 2.05) is 6.07 Å². The van der Waals surface area contributed by atoms with Gasteiger partial charge in [0.2, 0.25) is 0 Å². The molecule has 3 aromatic rings. The van der Waals surface area contributed by atoms with Crippen molar-refractivity contribution in [3.63, 3.8) is 0 Å². The number of benzene rings is 1. The van der Waals surface area contributed by atoms with Gasteiger partial charge in [-0.3, -0.25) is 9.20 Å². The van der Waals surface area contributed by atoms with E-state index in [4.69, 9.17) is 19.3 Å². The number of methoxy groups -OCH3 is 2. The second-order valence-electron chi connectivity index (χ2n) is 7.23. The van der Waals surface area contributed by atoms with Gasteiger partial charge in [0, 0.05) is 37.6 Å². The number of aromatic nitrogens is 2. The van der Waals surface area contributed by atoms with Crippen molar-refractivity contribution in [1.82, 2.24) is 14.3 Å². The molecule has 9 nitrogen and oxygen atoms in total. The number of hydrogen-bond acceptors (Lipinski definition) is 6. The van der Waals surface area contributed by atoms with Crippen LogP contribution in [0.1, 0.15) is 12.8 Å². The van der Waals surface area contributed by atoms with E-state index in [9.17, 15) is 9.59 Å². The maximum Gasteiger partial charge on any atom is 0.407 e. The van der Waals surface area contributed by atoms with Crippen LogP contribution in [-0.2, 0) is 0 Å². The van der Waals surface area contributed by atoms with Crippen molar-refractivity contribution in [2.75, 3.05) is 27.3 Å². The maximum absolute atomic E-state index is 12.8. The second-order valence-corrected chi connectivity index (χ2v) is 7.23. The third kappa shape index (κ3) is 4.25. The Hall–Kier alpha value is -3.75. The van der Waals surface area contributed by atoms with E-state index in [1.165, 1.54) is 15.4 Å². The number of likely N-dealkylation sites (tertiary alicyclic amines) is 1. The minimum absolute atomic E-state index is 0.0947. The number of nitrogens with zero attached hydrogens (tertiary/aromatic N) is 3. The smallest absolute Gasteiger partial charge is 0.407 e.